The van der Waals surface area contributed by atoms with Crippen molar-refractivity contribution >= 4 is 28.5 Å². The second kappa shape index (κ2) is 5.16. The maximum Gasteiger partial charge on any atom is 0.274 e. The molecular formula is C11H18IN3O. The molecule has 0 saturated carbocycles. The van der Waals surface area contributed by atoms with Gasteiger partial charge in [-0.1, -0.05) is 43.4 Å². The highest BCUT2D eigenvalue weighted by molar-refractivity contribution is 14.1. The van der Waals surface area contributed by atoms with E-state index in [2.05, 4.69) is 48.3 Å². The second-order valence-corrected chi connectivity index (χ2v) is 6.90. The van der Waals surface area contributed by atoms with Gasteiger partial charge < -0.3 is 10.3 Å². The Morgan fingerprint density at radius 1 is 1.56 bits per heavy atom. The van der Waals surface area contributed by atoms with E-state index in [4.69, 9.17) is 5.73 Å². The van der Waals surface area contributed by atoms with E-state index < -0.39 is 0 Å². The van der Waals surface area contributed by atoms with Crippen molar-refractivity contribution in [3.63, 3.8) is 0 Å². The molecule has 0 radical (unpaired) electrons. The number of nitrogen functional groups attached to an aromatic ring is 1. The van der Waals surface area contributed by atoms with Gasteiger partial charge in [0.25, 0.3) is 5.56 Å². The number of hydrogen-bond donors (Lipinski definition) is 1. The minimum Gasteiger partial charge on any atom is -0.369 e. The van der Waals surface area contributed by atoms with Crippen LogP contribution < -0.4 is 11.3 Å². The molecule has 0 fully saturated rings. The van der Waals surface area contributed by atoms with Crippen LogP contribution in [0.4, 0.5) is 5.95 Å². The molecule has 1 aromatic rings. The summed E-state index contributed by atoms with van der Waals surface area (Å²) in [6.45, 7) is 7.43. The second-order valence-electron chi connectivity index (χ2n) is 5.14. The van der Waals surface area contributed by atoms with Gasteiger partial charge in [-0.3, -0.25) is 4.79 Å². The first-order chi connectivity index (χ1) is 7.28. The van der Waals surface area contributed by atoms with E-state index in [0.717, 1.165) is 13.0 Å². The highest BCUT2D eigenvalue weighted by Crippen LogP contribution is 2.26. The van der Waals surface area contributed by atoms with Crippen LogP contribution in [-0.4, -0.2) is 13.5 Å². The predicted octanol–water partition coefficient (Wildman–Crippen LogP) is 2.07. The fourth-order valence-corrected chi connectivity index (χ4v) is 3.29. The van der Waals surface area contributed by atoms with Crippen LogP contribution in [0.2, 0.25) is 0 Å². The first kappa shape index (κ1) is 13.5. The Balaban J connectivity index is 2.70. The highest BCUT2D eigenvalue weighted by Gasteiger charge is 2.17. The van der Waals surface area contributed by atoms with Gasteiger partial charge >= 0.3 is 0 Å². The van der Waals surface area contributed by atoms with Crippen LogP contribution in [0.3, 0.4) is 0 Å². The number of nitrogens with two attached hydrogens (primary N) is 1. The summed E-state index contributed by atoms with van der Waals surface area (Å²) in [7, 11) is 0. The average Bonchev–Trinajstić information content (AvgIpc) is 2.06. The van der Waals surface area contributed by atoms with Crippen LogP contribution in [0, 0.1) is 5.41 Å². The summed E-state index contributed by atoms with van der Waals surface area (Å²) in [6, 6.07) is 1.44. The van der Waals surface area contributed by atoms with Gasteiger partial charge in [-0.2, -0.15) is 4.98 Å². The molecule has 90 valence electrons. The highest BCUT2D eigenvalue weighted by atomic mass is 127. The SMILES string of the molecule is CC(C)(C)C[C@H](I)Cn1ccc(=O)nc1N. The number of hydrogen-bond acceptors (Lipinski definition) is 3. The van der Waals surface area contributed by atoms with Crippen LogP contribution in [0.25, 0.3) is 0 Å². The largest absolute Gasteiger partial charge is 0.369 e. The van der Waals surface area contributed by atoms with Gasteiger partial charge in [0.15, 0.2) is 0 Å². The van der Waals surface area contributed by atoms with Gasteiger partial charge in [0.1, 0.15) is 0 Å². The van der Waals surface area contributed by atoms with E-state index in [9.17, 15) is 4.79 Å². The van der Waals surface area contributed by atoms with Gasteiger partial charge in [-0.15, -0.1) is 0 Å². The Morgan fingerprint density at radius 3 is 2.69 bits per heavy atom. The van der Waals surface area contributed by atoms with Crippen LogP contribution in [0.15, 0.2) is 17.1 Å². The fraction of sp³-hybridized carbons (Fsp3) is 0.636. The zero-order valence-corrected chi connectivity index (χ0v) is 12.1. The van der Waals surface area contributed by atoms with Crippen LogP contribution in [-0.2, 0) is 6.54 Å². The Bertz CT molecular complexity index is 408. The normalized spacial score (nSPS) is 13.8. The Hall–Kier alpha value is -0.590. The first-order valence-electron chi connectivity index (χ1n) is 5.25. The Kier molecular flexibility index (Phi) is 4.35. The van der Waals surface area contributed by atoms with Crippen molar-refractivity contribution < 1.29 is 0 Å². The minimum atomic E-state index is -0.283. The topological polar surface area (TPSA) is 60.9 Å². The standard InChI is InChI=1S/C11H18IN3O/c1-11(2,3)6-8(12)7-15-5-4-9(16)14-10(15)13/h4-5,8H,6-7H2,1-3H3,(H2,13,14,16)/t8-/m0/s1. The smallest absolute Gasteiger partial charge is 0.274 e. The molecule has 1 heterocycles. The molecule has 1 atom stereocenters. The molecule has 0 unspecified atom stereocenters. The molecule has 0 saturated heterocycles. The molecule has 0 aliphatic rings. The third-order valence-electron chi connectivity index (χ3n) is 2.14. The first-order valence-corrected chi connectivity index (χ1v) is 6.49. The minimum absolute atomic E-state index is 0.283. The molecule has 1 rings (SSSR count). The molecule has 0 bridgehead atoms. The maximum atomic E-state index is 11.0. The van der Waals surface area contributed by atoms with Gasteiger partial charge in [-0.25, -0.2) is 0 Å². The van der Waals surface area contributed by atoms with Crippen molar-refractivity contribution in [3.05, 3.63) is 22.6 Å². The van der Waals surface area contributed by atoms with Crippen molar-refractivity contribution in [2.45, 2.75) is 37.7 Å². The molecule has 4 nitrogen and oxygen atoms in total. The fourth-order valence-electron chi connectivity index (χ4n) is 1.54. The van der Waals surface area contributed by atoms with Gasteiger partial charge in [0.05, 0.1) is 0 Å². The van der Waals surface area contributed by atoms with E-state index in [1.165, 1.54) is 6.07 Å². The van der Waals surface area contributed by atoms with Gasteiger partial charge in [-0.05, 0) is 11.8 Å². The summed E-state index contributed by atoms with van der Waals surface area (Å²) in [5.74, 6) is 0.295. The van der Waals surface area contributed by atoms with Crippen molar-refractivity contribution in [3.8, 4) is 0 Å². The lowest BCUT2D eigenvalue weighted by atomic mass is 9.90. The van der Waals surface area contributed by atoms with Crippen LogP contribution >= 0.6 is 22.6 Å². The molecule has 0 aromatic carbocycles. The van der Waals surface area contributed by atoms with E-state index in [1.807, 2.05) is 4.57 Å². The zero-order chi connectivity index (χ0) is 12.3. The van der Waals surface area contributed by atoms with Crippen molar-refractivity contribution in [2.24, 2.45) is 5.41 Å². The van der Waals surface area contributed by atoms with Gasteiger partial charge in [0.2, 0.25) is 5.95 Å². The lowest BCUT2D eigenvalue weighted by Crippen LogP contribution is -2.22. The van der Waals surface area contributed by atoms with Crippen molar-refractivity contribution in [2.75, 3.05) is 5.73 Å². The third kappa shape index (κ3) is 4.51. The summed E-state index contributed by atoms with van der Waals surface area (Å²) in [6.07, 6.45) is 2.80. The van der Waals surface area contributed by atoms with Crippen LogP contribution in [0.1, 0.15) is 27.2 Å². The number of anilines is 1. The number of aromatic nitrogens is 2. The molecule has 16 heavy (non-hydrogen) atoms. The zero-order valence-electron chi connectivity index (χ0n) is 9.90. The summed E-state index contributed by atoms with van der Waals surface area (Å²) < 4.78 is 2.30. The molecule has 2 N–H and O–H groups in total. The monoisotopic (exact) mass is 335 g/mol. The average molecular weight is 335 g/mol. The Morgan fingerprint density at radius 2 is 2.19 bits per heavy atom. The molecule has 0 amide bonds. The van der Waals surface area contributed by atoms with E-state index in [0.29, 0.717) is 15.3 Å². The number of nitrogens with zero attached hydrogens (tertiary/aromatic N) is 2. The summed E-state index contributed by atoms with van der Waals surface area (Å²) in [4.78, 5) is 14.7. The summed E-state index contributed by atoms with van der Waals surface area (Å²) in [5.41, 5.74) is 5.70. The number of halogens is 1. The molecule has 1 aromatic heterocycles. The van der Waals surface area contributed by atoms with Crippen molar-refractivity contribution in [1.82, 2.24) is 9.55 Å². The quantitative estimate of drug-likeness (QED) is 0.679. The maximum absolute atomic E-state index is 11.0. The lowest BCUT2D eigenvalue weighted by Gasteiger charge is -2.23. The number of alkyl halides is 1. The van der Waals surface area contributed by atoms with Gasteiger partial charge in [0, 0.05) is 22.7 Å². The molecule has 5 heteroatoms. The molecule has 0 aliphatic carbocycles. The molecule has 0 aliphatic heterocycles. The van der Waals surface area contributed by atoms with E-state index in [-0.39, 0.29) is 5.56 Å². The molecule has 0 spiro atoms. The number of rotatable bonds is 3. The molecular weight excluding hydrogens is 317 g/mol. The predicted molar refractivity (Wildman–Crippen MR) is 74.8 cm³/mol. The Labute approximate surface area is 109 Å². The van der Waals surface area contributed by atoms with Crippen molar-refractivity contribution in [1.29, 1.82) is 0 Å². The third-order valence-corrected chi connectivity index (χ3v) is 2.98. The van der Waals surface area contributed by atoms with E-state index >= 15 is 0 Å². The van der Waals surface area contributed by atoms with Crippen LogP contribution in [0.5, 0.6) is 0 Å². The summed E-state index contributed by atoms with van der Waals surface area (Å²) in [5, 5.41) is 0. The lowest BCUT2D eigenvalue weighted by molar-refractivity contribution is 0.366. The van der Waals surface area contributed by atoms with E-state index in [1.54, 1.807) is 6.20 Å². The summed E-state index contributed by atoms with van der Waals surface area (Å²) >= 11 is 2.41.